The largest absolute Gasteiger partial charge is 0.501 e. The van der Waals surface area contributed by atoms with Gasteiger partial charge in [0.15, 0.2) is 0 Å². The Morgan fingerprint density at radius 1 is 1.02 bits per heavy atom. The molecule has 0 unspecified atom stereocenters. The molecule has 44 heavy (non-hydrogen) atoms. The first-order valence-corrected chi connectivity index (χ1v) is 14.8. The third-order valence-corrected chi connectivity index (χ3v) is 8.92. The minimum atomic E-state index is -5.77. The lowest BCUT2D eigenvalue weighted by Crippen LogP contribution is -2.36. The van der Waals surface area contributed by atoms with E-state index < -0.39 is 44.6 Å². The first-order chi connectivity index (χ1) is 20.8. The SMILES string of the molecule is COc1ccc2cc1CCC(=O)Nc1ccc(S(=O)(=O)C(F)(F)F)c(c1)CN(C)C(=O)[C@@H]2Nc1ccc2c(N)nccc2c1. The van der Waals surface area contributed by atoms with Crippen LogP contribution in [0, 0.1) is 0 Å². The zero-order chi connectivity index (χ0) is 31.8. The summed E-state index contributed by atoms with van der Waals surface area (Å²) in [7, 11) is -2.93. The molecule has 1 aliphatic rings. The Morgan fingerprint density at radius 3 is 2.52 bits per heavy atom. The number of carbonyl (C=O) groups excluding carboxylic acids is 2. The molecule has 1 aromatic heterocycles. The number of likely N-dealkylation sites (N-methyl/N-ethyl adjacent to an activating group) is 1. The van der Waals surface area contributed by atoms with Gasteiger partial charge < -0.3 is 26.0 Å². The summed E-state index contributed by atoms with van der Waals surface area (Å²) < 4.78 is 71.2. The number of nitrogens with one attached hydrogen (secondary N) is 2. The third kappa shape index (κ3) is 5.97. The standard InChI is InChI=1S/C30H28F3N5O5S/c1-38-16-20-15-21(6-9-25(20)44(41,42)30(31,32)33)36-26(39)10-4-18-13-19(3-8-24(18)43-2)27(29(38)40)37-22-5-7-23-17(14-22)11-12-35-28(23)34/h3,5-9,11-15,27,37H,4,10,16H2,1-2H3,(H2,34,35)(H,36,39)/t27-/m1/s1. The molecule has 5 rings (SSSR count). The molecule has 230 valence electrons. The molecule has 0 saturated heterocycles. The Balaban J connectivity index is 1.62. The summed E-state index contributed by atoms with van der Waals surface area (Å²) in [5, 5.41) is 7.27. The lowest BCUT2D eigenvalue weighted by atomic mass is 9.98. The number of carbonyl (C=O) groups is 2. The Labute approximate surface area is 250 Å². The summed E-state index contributed by atoms with van der Waals surface area (Å²) in [5.41, 5.74) is 1.87. The first-order valence-electron chi connectivity index (χ1n) is 13.3. The number of ether oxygens (including phenoxy) is 1. The van der Waals surface area contributed by atoms with E-state index in [1.165, 1.54) is 14.2 Å². The van der Waals surface area contributed by atoms with Crippen LogP contribution in [0.1, 0.15) is 29.2 Å². The van der Waals surface area contributed by atoms with Gasteiger partial charge in [0.05, 0.1) is 12.0 Å². The summed E-state index contributed by atoms with van der Waals surface area (Å²) in [4.78, 5) is 31.1. The molecule has 2 heterocycles. The number of sulfone groups is 1. The molecule has 3 aromatic carbocycles. The average molecular weight is 628 g/mol. The first kappa shape index (κ1) is 30.6. The minimum absolute atomic E-state index is 0.0240. The second kappa shape index (κ2) is 11.7. The quantitative estimate of drug-likeness (QED) is 0.292. The molecule has 0 spiro atoms. The van der Waals surface area contributed by atoms with Crippen LogP contribution in [0.5, 0.6) is 5.75 Å². The number of nitrogens with two attached hydrogens (primary N) is 1. The van der Waals surface area contributed by atoms with E-state index in [0.29, 0.717) is 33.8 Å². The van der Waals surface area contributed by atoms with Gasteiger partial charge in [-0.15, -0.1) is 0 Å². The zero-order valence-electron chi connectivity index (χ0n) is 23.6. The van der Waals surface area contributed by atoms with E-state index in [4.69, 9.17) is 10.5 Å². The molecule has 1 atom stereocenters. The Bertz CT molecular complexity index is 1880. The molecular formula is C30H28F3N5O5S. The number of hydrogen-bond donors (Lipinski definition) is 3. The molecule has 0 saturated carbocycles. The molecule has 4 bridgehead atoms. The maximum atomic E-state index is 14.1. The normalized spacial score (nSPS) is 16.3. The van der Waals surface area contributed by atoms with Gasteiger partial charge in [-0.25, -0.2) is 13.4 Å². The van der Waals surface area contributed by atoms with Gasteiger partial charge in [0, 0.05) is 43.0 Å². The number of alkyl halides is 3. The maximum Gasteiger partial charge on any atom is 0.501 e. The minimum Gasteiger partial charge on any atom is -0.496 e. The second-order valence-corrected chi connectivity index (χ2v) is 12.2. The molecule has 2 amide bonds. The van der Waals surface area contributed by atoms with E-state index in [0.717, 1.165) is 28.5 Å². The number of anilines is 3. The number of aryl methyl sites for hydroxylation is 1. The topological polar surface area (TPSA) is 144 Å². The smallest absolute Gasteiger partial charge is 0.496 e. The van der Waals surface area contributed by atoms with Crippen LogP contribution < -0.4 is 21.1 Å². The highest BCUT2D eigenvalue weighted by molar-refractivity contribution is 7.92. The van der Waals surface area contributed by atoms with Gasteiger partial charge >= 0.3 is 5.51 Å². The molecule has 4 N–H and O–H groups in total. The van der Waals surface area contributed by atoms with E-state index in [1.807, 2.05) is 0 Å². The van der Waals surface area contributed by atoms with Crippen LogP contribution >= 0.6 is 0 Å². The maximum absolute atomic E-state index is 14.1. The summed E-state index contributed by atoms with van der Waals surface area (Å²) in [6.45, 7) is -0.506. The van der Waals surface area contributed by atoms with Crippen molar-refractivity contribution in [3.63, 3.8) is 0 Å². The molecule has 1 aliphatic heterocycles. The van der Waals surface area contributed by atoms with Crippen molar-refractivity contribution in [2.24, 2.45) is 0 Å². The number of nitrogen functional groups attached to an aromatic ring is 1. The number of amides is 2. The fourth-order valence-electron chi connectivity index (χ4n) is 5.11. The van der Waals surface area contributed by atoms with E-state index >= 15 is 0 Å². The predicted molar refractivity (Wildman–Crippen MR) is 159 cm³/mol. The van der Waals surface area contributed by atoms with Crippen LogP contribution in [0.2, 0.25) is 0 Å². The monoisotopic (exact) mass is 627 g/mol. The summed E-state index contributed by atoms with van der Waals surface area (Å²) >= 11 is 0. The Kier molecular flexibility index (Phi) is 8.12. The predicted octanol–water partition coefficient (Wildman–Crippen LogP) is 4.82. The fraction of sp³-hybridized carbons (Fsp3) is 0.233. The summed E-state index contributed by atoms with van der Waals surface area (Å²) in [6.07, 6.45) is 1.74. The number of rotatable bonds is 4. The number of halogens is 3. The van der Waals surface area contributed by atoms with Crippen LogP contribution in [-0.4, -0.2) is 49.8 Å². The van der Waals surface area contributed by atoms with Crippen LogP contribution in [0.3, 0.4) is 0 Å². The van der Waals surface area contributed by atoms with Crippen LogP contribution in [-0.2, 0) is 32.4 Å². The third-order valence-electron chi connectivity index (χ3n) is 7.33. The van der Waals surface area contributed by atoms with Gasteiger partial charge in [-0.1, -0.05) is 6.07 Å². The highest BCUT2D eigenvalue weighted by Crippen LogP contribution is 2.35. The lowest BCUT2D eigenvalue weighted by Gasteiger charge is -2.28. The molecule has 0 aliphatic carbocycles. The van der Waals surface area contributed by atoms with Crippen molar-refractivity contribution in [2.45, 2.75) is 35.8 Å². The number of aromatic nitrogens is 1. The highest BCUT2D eigenvalue weighted by Gasteiger charge is 2.48. The van der Waals surface area contributed by atoms with Crippen LogP contribution in [0.4, 0.5) is 30.4 Å². The van der Waals surface area contributed by atoms with Crippen molar-refractivity contribution in [1.29, 1.82) is 0 Å². The summed E-state index contributed by atoms with van der Waals surface area (Å²) in [6, 6.07) is 14.0. The van der Waals surface area contributed by atoms with Gasteiger partial charge in [0.1, 0.15) is 17.6 Å². The summed E-state index contributed by atoms with van der Waals surface area (Å²) in [5.74, 6) is -0.169. The number of fused-ring (bicyclic) bond motifs is 5. The van der Waals surface area contributed by atoms with Gasteiger partial charge in [-0.3, -0.25) is 9.59 Å². The van der Waals surface area contributed by atoms with Gasteiger partial charge in [0.25, 0.3) is 9.84 Å². The fourth-order valence-corrected chi connectivity index (χ4v) is 6.08. The molecule has 10 nitrogen and oxygen atoms in total. The molecule has 4 aromatic rings. The number of pyridine rings is 1. The Morgan fingerprint density at radius 2 is 1.80 bits per heavy atom. The number of hydrogen-bond acceptors (Lipinski definition) is 8. The molecule has 14 heteroatoms. The van der Waals surface area contributed by atoms with Gasteiger partial charge in [0.2, 0.25) is 11.8 Å². The van der Waals surface area contributed by atoms with Crippen LogP contribution in [0.15, 0.2) is 71.8 Å². The van der Waals surface area contributed by atoms with Crippen LogP contribution in [0.25, 0.3) is 10.8 Å². The zero-order valence-corrected chi connectivity index (χ0v) is 24.4. The highest BCUT2D eigenvalue weighted by atomic mass is 32.2. The second-order valence-electron chi connectivity index (χ2n) is 10.3. The molecule has 0 fully saturated rings. The van der Waals surface area contributed by atoms with E-state index in [2.05, 4.69) is 15.6 Å². The van der Waals surface area contributed by atoms with Crippen molar-refractivity contribution in [2.75, 3.05) is 30.5 Å². The van der Waals surface area contributed by atoms with Gasteiger partial charge in [-0.05, 0) is 83.1 Å². The molecule has 0 radical (unpaired) electrons. The number of nitrogens with zero attached hydrogens (tertiary/aromatic N) is 2. The average Bonchev–Trinajstić information content (AvgIpc) is 2.97. The van der Waals surface area contributed by atoms with Crippen molar-refractivity contribution in [3.05, 3.63) is 83.6 Å². The van der Waals surface area contributed by atoms with Crippen molar-refractivity contribution < 1.29 is 35.9 Å². The lowest BCUT2D eigenvalue weighted by molar-refractivity contribution is -0.131. The molecular weight excluding hydrogens is 599 g/mol. The van der Waals surface area contributed by atoms with Crippen molar-refractivity contribution in [1.82, 2.24) is 9.88 Å². The van der Waals surface area contributed by atoms with Crippen molar-refractivity contribution in [3.8, 4) is 5.75 Å². The van der Waals surface area contributed by atoms with E-state index in [9.17, 15) is 31.2 Å². The van der Waals surface area contributed by atoms with Crippen molar-refractivity contribution >= 4 is 49.6 Å². The van der Waals surface area contributed by atoms with Gasteiger partial charge in [-0.2, -0.15) is 13.2 Å². The Hall–Kier alpha value is -4.85. The number of methoxy groups -OCH3 is 1. The van der Waals surface area contributed by atoms with E-state index in [-0.39, 0.29) is 24.1 Å². The van der Waals surface area contributed by atoms with E-state index in [1.54, 1.807) is 48.7 Å². The number of benzene rings is 3.